The largest absolute Gasteiger partial charge is 0.295 e. The van der Waals surface area contributed by atoms with Crippen LogP contribution >= 0.6 is 11.8 Å². The summed E-state index contributed by atoms with van der Waals surface area (Å²) in [5, 5.41) is 0. The van der Waals surface area contributed by atoms with Gasteiger partial charge in [0.15, 0.2) is 5.78 Å². The first-order valence-electron chi connectivity index (χ1n) is 6.20. The van der Waals surface area contributed by atoms with Crippen LogP contribution in [-0.4, -0.2) is 20.5 Å². The van der Waals surface area contributed by atoms with Crippen molar-refractivity contribution >= 4 is 33.3 Å². The van der Waals surface area contributed by atoms with Gasteiger partial charge in [0.25, 0.3) is 10.0 Å². The number of carbonyl (C=O) groups is 1. The molecule has 0 spiro atoms. The Bertz CT molecular complexity index is 735. The van der Waals surface area contributed by atoms with Gasteiger partial charge in [0, 0.05) is 16.1 Å². The highest BCUT2D eigenvalue weighted by Crippen LogP contribution is 2.20. The highest BCUT2D eigenvalue weighted by Gasteiger charge is 2.14. The minimum atomic E-state index is -3.62. The number of sulfonamides is 1. The number of hydrogen-bond donors (Lipinski definition) is 1. The second-order valence-corrected chi connectivity index (χ2v) is 6.98. The van der Waals surface area contributed by atoms with Crippen molar-refractivity contribution in [1.29, 1.82) is 0 Å². The molecule has 0 aliphatic carbocycles. The fourth-order valence-corrected chi connectivity index (χ4v) is 3.21. The summed E-state index contributed by atoms with van der Waals surface area (Å²) in [6.07, 6.45) is 1.93. The van der Waals surface area contributed by atoms with E-state index in [0.717, 1.165) is 4.90 Å². The molecule has 0 atom stereocenters. The van der Waals surface area contributed by atoms with Crippen molar-refractivity contribution in [2.75, 3.05) is 11.0 Å². The Morgan fingerprint density at radius 3 is 2.05 bits per heavy atom. The molecule has 21 heavy (non-hydrogen) atoms. The number of nitrogens with one attached hydrogen (secondary N) is 1. The van der Waals surface area contributed by atoms with Gasteiger partial charge < -0.3 is 0 Å². The summed E-state index contributed by atoms with van der Waals surface area (Å²) in [7, 11) is -3.62. The molecule has 0 radical (unpaired) electrons. The van der Waals surface area contributed by atoms with Crippen LogP contribution in [-0.2, 0) is 10.0 Å². The van der Waals surface area contributed by atoms with Crippen LogP contribution in [0.15, 0.2) is 58.3 Å². The summed E-state index contributed by atoms with van der Waals surface area (Å²) in [5.41, 5.74) is 0.969. The number of thioether (sulfide) groups is 1. The molecule has 0 heterocycles. The van der Waals surface area contributed by atoms with Crippen LogP contribution in [0.3, 0.4) is 0 Å². The first-order chi connectivity index (χ1) is 9.92. The average molecular weight is 321 g/mol. The Morgan fingerprint density at radius 1 is 1.00 bits per heavy atom. The summed E-state index contributed by atoms with van der Waals surface area (Å²) in [6, 6.07) is 13.0. The minimum absolute atomic E-state index is 0.0583. The Balaban J connectivity index is 2.21. The van der Waals surface area contributed by atoms with Crippen molar-refractivity contribution in [2.24, 2.45) is 0 Å². The number of Topliss-reactive ketones (excluding diaryl/α,β-unsaturated/α-hetero) is 1. The molecule has 0 fully saturated rings. The molecular weight excluding hydrogens is 306 g/mol. The maximum absolute atomic E-state index is 12.2. The Kier molecular flexibility index (Phi) is 4.69. The zero-order valence-corrected chi connectivity index (χ0v) is 13.3. The molecule has 2 aromatic rings. The van der Waals surface area contributed by atoms with Crippen LogP contribution in [0.1, 0.15) is 17.3 Å². The standard InChI is InChI=1S/C15H15NO3S2/c1-11(17)12-3-5-13(6-4-12)16-21(18,19)15-9-7-14(20-2)8-10-15/h3-10,16H,1-2H3. The van der Waals surface area contributed by atoms with Crippen LogP contribution in [0.2, 0.25) is 0 Å². The maximum atomic E-state index is 12.2. The van der Waals surface area contributed by atoms with Gasteiger partial charge in [-0.25, -0.2) is 8.42 Å². The van der Waals surface area contributed by atoms with Crippen molar-refractivity contribution in [3.63, 3.8) is 0 Å². The number of carbonyl (C=O) groups excluding carboxylic acids is 1. The SMILES string of the molecule is CSc1ccc(S(=O)(=O)Nc2ccc(C(C)=O)cc2)cc1. The van der Waals surface area contributed by atoms with E-state index in [1.807, 2.05) is 6.26 Å². The first kappa shape index (κ1) is 15.6. The number of rotatable bonds is 5. The normalized spacial score (nSPS) is 11.1. The third-order valence-electron chi connectivity index (χ3n) is 2.91. The molecule has 0 aliphatic heterocycles. The minimum Gasteiger partial charge on any atom is -0.295 e. The molecule has 110 valence electrons. The predicted molar refractivity (Wildman–Crippen MR) is 85.5 cm³/mol. The van der Waals surface area contributed by atoms with Crippen LogP contribution in [0.25, 0.3) is 0 Å². The van der Waals surface area contributed by atoms with Crippen LogP contribution in [0.5, 0.6) is 0 Å². The number of hydrogen-bond acceptors (Lipinski definition) is 4. The van der Waals surface area contributed by atoms with Crippen molar-refractivity contribution in [3.8, 4) is 0 Å². The van der Waals surface area contributed by atoms with Gasteiger partial charge in [0.05, 0.1) is 4.90 Å². The van der Waals surface area contributed by atoms with Gasteiger partial charge >= 0.3 is 0 Å². The molecule has 4 nitrogen and oxygen atoms in total. The molecule has 0 saturated heterocycles. The fraction of sp³-hybridized carbons (Fsp3) is 0.133. The third kappa shape index (κ3) is 3.86. The van der Waals surface area contributed by atoms with E-state index in [1.54, 1.807) is 60.3 Å². The molecule has 0 aromatic heterocycles. The van der Waals surface area contributed by atoms with E-state index in [9.17, 15) is 13.2 Å². The molecule has 0 saturated carbocycles. The van der Waals surface area contributed by atoms with E-state index < -0.39 is 10.0 Å². The highest BCUT2D eigenvalue weighted by molar-refractivity contribution is 7.98. The highest BCUT2D eigenvalue weighted by atomic mass is 32.2. The summed E-state index contributed by atoms with van der Waals surface area (Å²) < 4.78 is 27.0. The predicted octanol–water partition coefficient (Wildman–Crippen LogP) is 3.41. The Morgan fingerprint density at radius 2 is 1.57 bits per heavy atom. The molecule has 0 bridgehead atoms. The summed E-state index contributed by atoms with van der Waals surface area (Å²) in [6.45, 7) is 1.46. The molecule has 0 amide bonds. The average Bonchev–Trinajstić information content (AvgIpc) is 2.47. The van der Waals surface area contributed by atoms with E-state index in [0.29, 0.717) is 11.3 Å². The van der Waals surface area contributed by atoms with Gasteiger partial charge in [-0.05, 0) is 61.7 Å². The molecule has 2 aromatic carbocycles. The van der Waals surface area contributed by atoms with Gasteiger partial charge in [-0.15, -0.1) is 11.8 Å². The second kappa shape index (κ2) is 6.32. The van der Waals surface area contributed by atoms with Gasteiger partial charge in [-0.3, -0.25) is 9.52 Å². The van der Waals surface area contributed by atoms with E-state index in [2.05, 4.69) is 4.72 Å². The van der Waals surface area contributed by atoms with E-state index in [4.69, 9.17) is 0 Å². The Hall–Kier alpha value is -1.79. The van der Waals surface area contributed by atoms with Crippen molar-refractivity contribution in [2.45, 2.75) is 16.7 Å². The first-order valence-corrected chi connectivity index (χ1v) is 8.91. The van der Waals surface area contributed by atoms with E-state index in [-0.39, 0.29) is 10.7 Å². The van der Waals surface area contributed by atoms with Gasteiger partial charge in [0.2, 0.25) is 0 Å². The molecule has 6 heteroatoms. The van der Waals surface area contributed by atoms with Crippen molar-refractivity contribution in [3.05, 3.63) is 54.1 Å². The number of benzene rings is 2. The summed E-state index contributed by atoms with van der Waals surface area (Å²) in [5.74, 6) is -0.0583. The van der Waals surface area contributed by atoms with Crippen molar-refractivity contribution in [1.82, 2.24) is 0 Å². The fourth-order valence-electron chi connectivity index (χ4n) is 1.74. The smallest absolute Gasteiger partial charge is 0.261 e. The van der Waals surface area contributed by atoms with E-state index >= 15 is 0 Å². The molecule has 0 unspecified atom stereocenters. The van der Waals surface area contributed by atoms with Crippen molar-refractivity contribution < 1.29 is 13.2 Å². The van der Waals surface area contributed by atoms with Gasteiger partial charge in [0.1, 0.15) is 0 Å². The van der Waals surface area contributed by atoms with Crippen LogP contribution in [0, 0.1) is 0 Å². The lowest BCUT2D eigenvalue weighted by Gasteiger charge is -2.09. The second-order valence-electron chi connectivity index (χ2n) is 4.41. The van der Waals surface area contributed by atoms with E-state index in [1.165, 1.54) is 6.92 Å². The number of anilines is 1. The quantitative estimate of drug-likeness (QED) is 0.677. The maximum Gasteiger partial charge on any atom is 0.261 e. The lowest BCUT2D eigenvalue weighted by Crippen LogP contribution is -2.12. The lowest BCUT2D eigenvalue weighted by atomic mass is 10.1. The number of ketones is 1. The zero-order chi connectivity index (χ0) is 15.5. The monoisotopic (exact) mass is 321 g/mol. The molecular formula is C15H15NO3S2. The third-order valence-corrected chi connectivity index (χ3v) is 5.05. The van der Waals surface area contributed by atoms with Crippen LogP contribution < -0.4 is 4.72 Å². The molecule has 2 rings (SSSR count). The summed E-state index contributed by atoms with van der Waals surface area (Å²) in [4.78, 5) is 12.4. The topological polar surface area (TPSA) is 63.2 Å². The van der Waals surface area contributed by atoms with Gasteiger partial charge in [-0.1, -0.05) is 0 Å². The zero-order valence-electron chi connectivity index (χ0n) is 11.7. The van der Waals surface area contributed by atoms with Crippen LogP contribution in [0.4, 0.5) is 5.69 Å². The summed E-state index contributed by atoms with van der Waals surface area (Å²) >= 11 is 1.55. The lowest BCUT2D eigenvalue weighted by molar-refractivity contribution is 0.101. The molecule has 1 N–H and O–H groups in total. The van der Waals surface area contributed by atoms with Gasteiger partial charge in [-0.2, -0.15) is 0 Å². The molecule has 0 aliphatic rings. The Labute approximate surface area is 128 Å².